The first-order valence-electron chi connectivity index (χ1n) is 12.5. The Hall–Kier alpha value is -1.36. The molecule has 0 aromatic carbocycles. The third-order valence-electron chi connectivity index (χ3n) is 10.1. The summed E-state index contributed by atoms with van der Waals surface area (Å²) in [4.78, 5) is 24.9. The van der Waals surface area contributed by atoms with E-state index in [1.54, 1.807) is 0 Å². The van der Waals surface area contributed by atoms with Crippen molar-refractivity contribution < 1.29 is 23.5 Å². The first-order valence-corrected chi connectivity index (χ1v) is 12.5. The number of quaternary nitrogens is 1. The van der Waals surface area contributed by atoms with Gasteiger partial charge in [-0.1, -0.05) is 25.5 Å². The van der Waals surface area contributed by atoms with Crippen LogP contribution in [0.15, 0.2) is 11.6 Å². The van der Waals surface area contributed by atoms with E-state index in [2.05, 4.69) is 40.8 Å². The second kappa shape index (κ2) is 8.20. The number of carbonyl (C=O) groups is 2. The third-order valence-corrected chi connectivity index (χ3v) is 10.1. The van der Waals surface area contributed by atoms with E-state index < -0.39 is 6.16 Å². The van der Waals surface area contributed by atoms with Crippen molar-refractivity contribution in [3.8, 4) is 0 Å². The van der Waals surface area contributed by atoms with Gasteiger partial charge in [0.05, 0.1) is 20.1 Å². The number of Topliss-reactive ketones (excluding diaryl/α,β-unsaturated/α-hetero) is 1. The van der Waals surface area contributed by atoms with E-state index >= 15 is 0 Å². The van der Waals surface area contributed by atoms with Gasteiger partial charge in [-0.05, 0) is 75.5 Å². The molecule has 0 heterocycles. The van der Waals surface area contributed by atoms with Crippen LogP contribution in [0, 0.1) is 28.6 Å². The first kappa shape index (κ1) is 22.8. The Labute approximate surface area is 188 Å². The lowest BCUT2D eigenvalue weighted by Crippen LogP contribution is -2.50. The van der Waals surface area contributed by atoms with Crippen LogP contribution in [-0.4, -0.2) is 49.4 Å². The molecule has 0 N–H and O–H groups in total. The van der Waals surface area contributed by atoms with Crippen molar-refractivity contribution >= 4 is 11.9 Å². The average Bonchev–Trinajstić information content (AvgIpc) is 3.07. The van der Waals surface area contributed by atoms with Crippen molar-refractivity contribution in [2.45, 2.75) is 85.2 Å². The normalized spacial score (nSPS) is 39.8. The maximum atomic E-state index is 12.6. The summed E-state index contributed by atoms with van der Waals surface area (Å²) in [5.74, 6) is 2.37. The maximum absolute atomic E-state index is 12.6. The van der Waals surface area contributed by atoms with E-state index in [-0.39, 0.29) is 16.9 Å². The lowest BCUT2D eigenvalue weighted by atomic mass is 9.48. The molecule has 4 aliphatic rings. The van der Waals surface area contributed by atoms with Gasteiger partial charge in [-0.15, -0.1) is 0 Å². The zero-order valence-corrected chi connectivity index (χ0v) is 20.2. The number of rotatable bonds is 5. The number of allylic oxidation sites excluding steroid dienone is 1. The molecule has 4 rings (SSSR count). The number of ketones is 1. The summed E-state index contributed by atoms with van der Waals surface area (Å²) in [6, 6.07) is 0. The monoisotopic (exact) mass is 432 g/mol. The second-order valence-electron chi connectivity index (χ2n) is 11.4. The average molecular weight is 433 g/mol. The number of ether oxygens (including phenoxy) is 2. The van der Waals surface area contributed by atoms with Gasteiger partial charge in [-0.25, -0.2) is 4.79 Å². The summed E-state index contributed by atoms with van der Waals surface area (Å²) in [6.07, 6.45) is 9.82. The minimum atomic E-state index is -0.521. The molecular weight excluding hydrogens is 390 g/mol. The lowest BCUT2D eigenvalue weighted by Gasteiger charge is -2.56. The molecule has 4 aliphatic carbocycles. The molecule has 0 spiro atoms. The first-order chi connectivity index (χ1) is 14.6. The van der Waals surface area contributed by atoms with Crippen LogP contribution in [0.4, 0.5) is 4.79 Å². The molecule has 0 saturated heterocycles. The fourth-order valence-electron chi connectivity index (χ4n) is 7.28. The van der Waals surface area contributed by atoms with Crippen LogP contribution in [-0.2, 0) is 14.3 Å². The van der Waals surface area contributed by atoms with Gasteiger partial charge < -0.3 is 9.47 Å². The Morgan fingerprint density at radius 1 is 1.10 bits per heavy atom. The standard InChI is InChI=1S/C26H42NO4/c1-6-27(5,7-2)17-30-24(29)31-19-12-14-25(3)18(16-19)8-9-20-21-10-11-23(28)26(21,4)15-13-22(20)25/h8,19-22H,6-7,9-17H2,1-5H3/q+1/t19-,20-,21-,22-,25-,26-/m0/s1. The molecule has 3 fully saturated rings. The molecule has 0 aromatic heterocycles. The number of hydrogen-bond donors (Lipinski definition) is 0. The van der Waals surface area contributed by atoms with Crippen molar-refractivity contribution in [3.63, 3.8) is 0 Å². The highest BCUT2D eigenvalue weighted by molar-refractivity contribution is 5.87. The van der Waals surface area contributed by atoms with Crippen LogP contribution >= 0.6 is 0 Å². The molecule has 174 valence electrons. The highest BCUT2D eigenvalue weighted by Crippen LogP contribution is 2.64. The summed E-state index contributed by atoms with van der Waals surface area (Å²) < 4.78 is 11.9. The van der Waals surface area contributed by atoms with Gasteiger partial charge in [0.25, 0.3) is 0 Å². The van der Waals surface area contributed by atoms with E-state index in [0.29, 0.717) is 34.8 Å². The summed E-state index contributed by atoms with van der Waals surface area (Å²) in [5, 5.41) is 0. The second-order valence-corrected chi connectivity index (χ2v) is 11.4. The van der Waals surface area contributed by atoms with Gasteiger partial charge in [0.2, 0.25) is 6.73 Å². The topological polar surface area (TPSA) is 52.6 Å². The van der Waals surface area contributed by atoms with Crippen LogP contribution in [0.2, 0.25) is 0 Å². The van der Waals surface area contributed by atoms with E-state index in [9.17, 15) is 9.59 Å². The molecule has 6 atom stereocenters. The van der Waals surface area contributed by atoms with Crippen molar-refractivity contribution in [1.29, 1.82) is 0 Å². The third kappa shape index (κ3) is 3.85. The minimum Gasteiger partial charge on any atom is -0.431 e. The van der Waals surface area contributed by atoms with E-state index in [4.69, 9.17) is 9.47 Å². The maximum Gasteiger partial charge on any atom is 0.512 e. The van der Waals surface area contributed by atoms with E-state index in [0.717, 1.165) is 64.5 Å². The number of carbonyl (C=O) groups excluding carboxylic acids is 2. The molecule has 0 unspecified atom stereocenters. The SMILES string of the molecule is CC[N+](C)(CC)COC(=O)O[C@H]1CC[C@@]2(C)C(=CC[C@@H]3[C@@H]2CC[C@]2(C)C(=O)CC[C@@H]32)C1. The zero-order chi connectivity index (χ0) is 22.4. The van der Waals surface area contributed by atoms with E-state index in [1.807, 2.05) is 0 Å². The Balaban J connectivity index is 1.39. The fraction of sp³-hybridized carbons (Fsp3) is 0.846. The molecule has 0 radical (unpaired) electrons. The molecule has 5 nitrogen and oxygen atoms in total. The van der Waals surface area contributed by atoms with Gasteiger partial charge in [0.15, 0.2) is 0 Å². The Morgan fingerprint density at radius 2 is 1.77 bits per heavy atom. The summed E-state index contributed by atoms with van der Waals surface area (Å²) in [6.45, 7) is 11.1. The Bertz CT molecular complexity index is 757. The molecule has 31 heavy (non-hydrogen) atoms. The van der Waals surface area contributed by atoms with Crippen LogP contribution in [0.5, 0.6) is 0 Å². The summed E-state index contributed by atoms with van der Waals surface area (Å²) in [7, 11) is 2.09. The number of fused-ring (bicyclic) bond motifs is 5. The van der Waals surface area contributed by atoms with Crippen LogP contribution in [0.25, 0.3) is 0 Å². The predicted molar refractivity (Wildman–Crippen MR) is 120 cm³/mol. The predicted octanol–water partition coefficient (Wildman–Crippen LogP) is 5.48. The van der Waals surface area contributed by atoms with E-state index in [1.165, 1.54) is 5.57 Å². The highest BCUT2D eigenvalue weighted by Gasteiger charge is 2.58. The van der Waals surface area contributed by atoms with Crippen LogP contribution in [0.1, 0.15) is 79.1 Å². The molecule has 0 amide bonds. The van der Waals surface area contributed by atoms with Gasteiger partial charge in [0, 0.05) is 18.3 Å². The number of nitrogens with zero attached hydrogens (tertiary/aromatic N) is 1. The molecule has 5 heteroatoms. The largest absolute Gasteiger partial charge is 0.512 e. The van der Waals surface area contributed by atoms with Gasteiger partial charge in [-0.3, -0.25) is 9.28 Å². The zero-order valence-electron chi connectivity index (χ0n) is 20.2. The smallest absolute Gasteiger partial charge is 0.431 e. The molecular formula is C26H42NO4+. The molecule has 3 saturated carbocycles. The summed E-state index contributed by atoms with van der Waals surface area (Å²) in [5.41, 5.74) is 1.60. The molecule has 0 aliphatic heterocycles. The Morgan fingerprint density at radius 3 is 2.48 bits per heavy atom. The molecule has 0 bridgehead atoms. The van der Waals surface area contributed by atoms with Gasteiger partial charge in [0.1, 0.15) is 11.9 Å². The Kier molecular flexibility index (Phi) is 6.04. The van der Waals surface area contributed by atoms with Crippen LogP contribution in [0.3, 0.4) is 0 Å². The van der Waals surface area contributed by atoms with Gasteiger partial charge in [-0.2, -0.15) is 0 Å². The minimum absolute atomic E-state index is 0.0725. The summed E-state index contributed by atoms with van der Waals surface area (Å²) >= 11 is 0. The lowest BCUT2D eigenvalue weighted by molar-refractivity contribution is -0.922. The fourth-order valence-corrected chi connectivity index (χ4v) is 7.28. The van der Waals surface area contributed by atoms with Crippen molar-refractivity contribution in [2.24, 2.45) is 28.6 Å². The van der Waals surface area contributed by atoms with Crippen molar-refractivity contribution in [2.75, 3.05) is 26.9 Å². The quantitative estimate of drug-likeness (QED) is 0.250. The van der Waals surface area contributed by atoms with Crippen molar-refractivity contribution in [1.82, 2.24) is 0 Å². The highest BCUT2D eigenvalue weighted by atomic mass is 16.7. The molecule has 0 aromatic rings. The van der Waals surface area contributed by atoms with Crippen LogP contribution < -0.4 is 0 Å². The number of hydrogen-bond acceptors (Lipinski definition) is 4. The van der Waals surface area contributed by atoms with Gasteiger partial charge >= 0.3 is 6.16 Å². The van der Waals surface area contributed by atoms with Crippen molar-refractivity contribution in [3.05, 3.63) is 11.6 Å².